The topological polar surface area (TPSA) is 78.9 Å². The van der Waals surface area contributed by atoms with Gasteiger partial charge >= 0.3 is 12.0 Å². The van der Waals surface area contributed by atoms with Crippen LogP contribution in [0.4, 0.5) is 4.79 Å². The first-order chi connectivity index (χ1) is 12.4. The predicted molar refractivity (Wildman–Crippen MR) is 100 cm³/mol. The highest BCUT2D eigenvalue weighted by Gasteiger charge is 2.28. The van der Waals surface area contributed by atoms with Crippen molar-refractivity contribution in [2.24, 2.45) is 11.8 Å². The molecule has 2 amide bonds. The molecule has 2 rings (SSSR count). The normalized spacial score (nSPS) is 18.5. The van der Waals surface area contributed by atoms with Crippen molar-refractivity contribution in [2.75, 3.05) is 19.7 Å². The Morgan fingerprint density at radius 2 is 1.96 bits per heavy atom. The Morgan fingerprint density at radius 3 is 2.58 bits per heavy atom. The van der Waals surface area contributed by atoms with Crippen molar-refractivity contribution in [3.05, 3.63) is 29.8 Å². The van der Waals surface area contributed by atoms with Crippen LogP contribution in [0.3, 0.4) is 0 Å². The Hall–Kier alpha value is -2.24. The molecule has 0 radical (unpaired) electrons. The summed E-state index contributed by atoms with van der Waals surface area (Å²) in [4.78, 5) is 25.2. The summed E-state index contributed by atoms with van der Waals surface area (Å²) >= 11 is 0. The summed E-state index contributed by atoms with van der Waals surface area (Å²) in [7, 11) is 0. The van der Waals surface area contributed by atoms with Crippen molar-refractivity contribution in [3.8, 4) is 5.75 Å². The molecule has 0 bridgehead atoms. The highest BCUT2D eigenvalue weighted by Crippen LogP contribution is 2.20. The first-order valence-electron chi connectivity index (χ1n) is 9.37. The number of benzene rings is 1. The number of nitrogens with zero attached hydrogens (tertiary/aromatic N) is 1. The minimum absolute atomic E-state index is 0.155. The van der Waals surface area contributed by atoms with Gasteiger partial charge in [0.05, 0.1) is 18.6 Å². The molecule has 0 aromatic heterocycles. The average molecular weight is 362 g/mol. The monoisotopic (exact) mass is 362 g/mol. The highest BCUT2D eigenvalue weighted by molar-refractivity contribution is 5.77. The summed E-state index contributed by atoms with van der Waals surface area (Å²) in [5.41, 5.74) is 0.987. The molecule has 0 saturated carbocycles. The largest absolute Gasteiger partial charge is 0.494 e. The van der Waals surface area contributed by atoms with Gasteiger partial charge in [-0.25, -0.2) is 4.79 Å². The third-order valence-corrected chi connectivity index (χ3v) is 4.74. The summed E-state index contributed by atoms with van der Waals surface area (Å²) in [6.45, 7) is 7.82. The molecule has 1 aromatic carbocycles. The molecule has 2 N–H and O–H groups in total. The van der Waals surface area contributed by atoms with Gasteiger partial charge in [-0.05, 0) is 49.8 Å². The van der Waals surface area contributed by atoms with Gasteiger partial charge in [0.2, 0.25) is 0 Å². The zero-order chi connectivity index (χ0) is 19.1. The second kappa shape index (κ2) is 9.46. The number of rotatable bonds is 7. The van der Waals surface area contributed by atoms with E-state index in [0.29, 0.717) is 25.5 Å². The molecule has 144 valence electrons. The lowest BCUT2D eigenvalue weighted by Crippen LogP contribution is -2.47. The van der Waals surface area contributed by atoms with Gasteiger partial charge in [0.15, 0.2) is 0 Å². The van der Waals surface area contributed by atoms with E-state index in [1.807, 2.05) is 31.2 Å². The van der Waals surface area contributed by atoms with Crippen molar-refractivity contribution in [3.63, 3.8) is 0 Å². The van der Waals surface area contributed by atoms with Gasteiger partial charge in [-0.1, -0.05) is 26.0 Å². The first-order valence-corrected chi connectivity index (χ1v) is 9.37. The molecule has 1 aromatic rings. The van der Waals surface area contributed by atoms with E-state index in [0.717, 1.165) is 24.2 Å². The summed E-state index contributed by atoms with van der Waals surface area (Å²) in [5.74, 6) is 0.143. The number of hydrogen-bond acceptors (Lipinski definition) is 3. The highest BCUT2D eigenvalue weighted by atomic mass is 16.5. The van der Waals surface area contributed by atoms with Crippen LogP contribution < -0.4 is 10.1 Å². The number of hydrogen-bond donors (Lipinski definition) is 2. The number of aliphatic carboxylic acids is 1. The lowest BCUT2D eigenvalue weighted by atomic mass is 9.98. The number of carbonyl (C=O) groups excluding carboxylic acids is 1. The Balaban J connectivity index is 1.85. The zero-order valence-electron chi connectivity index (χ0n) is 15.9. The van der Waals surface area contributed by atoms with E-state index < -0.39 is 11.9 Å². The van der Waals surface area contributed by atoms with E-state index in [4.69, 9.17) is 9.84 Å². The molecule has 1 saturated heterocycles. The number of amides is 2. The molecular weight excluding hydrogens is 332 g/mol. The van der Waals surface area contributed by atoms with Crippen LogP contribution >= 0.6 is 0 Å². The van der Waals surface area contributed by atoms with E-state index in [-0.39, 0.29) is 18.6 Å². The molecule has 0 aliphatic carbocycles. The first kappa shape index (κ1) is 20.1. The van der Waals surface area contributed by atoms with E-state index in [1.54, 1.807) is 4.90 Å². The van der Waals surface area contributed by atoms with Gasteiger partial charge < -0.3 is 20.1 Å². The van der Waals surface area contributed by atoms with Gasteiger partial charge in [0, 0.05) is 13.1 Å². The van der Waals surface area contributed by atoms with Gasteiger partial charge in [-0.2, -0.15) is 0 Å². The summed E-state index contributed by atoms with van der Waals surface area (Å²) in [6, 6.07) is 7.37. The Bertz CT molecular complexity index is 600. The fourth-order valence-electron chi connectivity index (χ4n) is 2.99. The third-order valence-electron chi connectivity index (χ3n) is 4.74. The van der Waals surface area contributed by atoms with Crippen LogP contribution in [0.1, 0.15) is 51.6 Å². The van der Waals surface area contributed by atoms with E-state index in [9.17, 15) is 9.59 Å². The number of ether oxygens (including phenoxy) is 1. The molecule has 2 unspecified atom stereocenters. The molecule has 1 fully saturated rings. The van der Waals surface area contributed by atoms with E-state index in [1.165, 1.54) is 0 Å². The summed E-state index contributed by atoms with van der Waals surface area (Å²) < 4.78 is 5.71. The average Bonchev–Trinajstić information content (AvgIpc) is 2.62. The van der Waals surface area contributed by atoms with Crippen LogP contribution in [0.25, 0.3) is 0 Å². The van der Waals surface area contributed by atoms with E-state index in [2.05, 4.69) is 19.2 Å². The van der Waals surface area contributed by atoms with Crippen LogP contribution in [-0.2, 0) is 4.79 Å². The fourth-order valence-corrected chi connectivity index (χ4v) is 2.99. The quantitative estimate of drug-likeness (QED) is 0.775. The smallest absolute Gasteiger partial charge is 0.317 e. The molecule has 1 aliphatic heterocycles. The molecule has 0 spiro atoms. The van der Waals surface area contributed by atoms with Crippen LogP contribution in [0.15, 0.2) is 24.3 Å². The lowest BCUT2D eigenvalue weighted by molar-refractivity contribution is -0.143. The van der Waals surface area contributed by atoms with Gasteiger partial charge in [-0.15, -0.1) is 0 Å². The summed E-state index contributed by atoms with van der Waals surface area (Å²) in [6.07, 6.45) is 2.37. The van der Waals surface area contributed by atoms with Crippen molar-refractivity contribution in [1.82, 2.24) is 10.2 Å². The second-order valence-electron chi connectivity index (χ2n) is 7.39. The lowest BCUT2D eigenvalue weighted by Gasteiger charge is -2.31. The van der Waals surface area contributed by atoms with Gasteiger partial charge in [0.1, 0.15) is 5.75 Å². The van der Waals surface area contributed by atoms with Crippen molar-refractivity contribution >= 4 is 12.0 Å². The van der Waals surface area contributed by atoms with Gasteiger partial charge in [0.25, 0.3) is 0 Å². The maximum Gasteiger partial charge on any atom is 0.317 e. The number of carboxylic acid groups (broad SMARTS) is 1. The van der Waals surface area contributed by atoms with Crippen molar-refractivity contribution in [2.45, 2.75) is 46.1 Å². The van der Waals surface area contributed by atoms with Crippen molar-refractivity contribution in [1.29, 1.82) is 0 Å². The number of likely N-dealkylation sites (tertiary alicyclic amines) is 1. The predicted octanol–water partition coefficient (Wildman–Crippen LogP) is 3.68. The zero-order valence-corrected chi connectivity index (χ0v) is 15.9. The molecule has 6 heteroatoms. The molecule has 6 nitrogen and oxygen atoms in total. The third kappa shape index (κ3) is 5.93. The molecule has 1 heterocycles. The van der Waals surface area contributed by atoms with Crippen molar-refractivity contribution < 1.29 is 19.4 Å². The second-order valence-corrected chi connectivity index (χ2v) is 7.39. The van der Waals surface area contributed by atoms with Crippen LogP contribution in [-0.4, -0.2) is 41.7 Å². The minimum atomic E-state index is -0.830. The van der Waals surface area contributed by atoms with Crippen LogP contribution in [0.5, 0.6) is 5.75 Å². The Morgan fingerprint density at radius 1 is 1.27 bits per heavy atom. The number of carboxylic acids is 1. The fraction of sp³-hybridized carbons (Fsp3) is 0.600. The van der Waals surface area contributed by atoms with Crippen LogP contribution in [0, 0.1) is 11.8 Å². The Labute approximate surface area is 155 Å². The molecule has 2 atom stereocenters. The number of piperidine rings is 1. The maximum atomic E-state index is 12.4. The Kier molecular flexibility index (Phi) is 7.30. The molecular formula is C20H30N2O4. The number of carbonyl (C=O) groups is 2. The molecule has 1 aliphatic rings. The standard InChI is InChI=1S/C20H30N2O4/c1-14(2)10-12-26-18-8-6-16(7-9-18)15(3)21-20(25)22-11-4-5-17(13-22)19(23)24/h6-9,14-15,17H,4-5,10-13H2,1-3H3,(H,21,25)(H,23,24). The maximum absolute atomic E-state index is 12.4. The SMILES string of the molecule is CC(C)CCOc1ccc(C(C)NC(=O)N2CCCC(C(=O)O)C2)cc1. The summed E-state index contributed by atoms with van der Waals surface area (Å²) in [5, 5.41) is 12.1. The van der Waals surface area contributed by atoms with Crippen LogP contribution in [0.2, 0.25) is 0 Å². The van der Waals surface area contributed by atoms with Gasteiger partial charge in [-0.3, -0.25) is 4.79 Å². The number of nitrogens with one attached hydrogen (secondary N) is 1. The molecule has 26 heavy (non-hydrogen) atoms. The minimum Gasteiger partial charge on any atom is -0.494 e. The van der Waals surface area contributed by atoms with E-state index >= 15 is 0 Å². The number of urea groups is 1.